The molecule has 172 valence electrons. The van der Waals surface area contributed by atoms with Crippen molar-refractivity contribution < 1.29 is 4.74 Å². The van der Waals surface area contributed by atoms with E-state index >= 15 is 0 Å². The van der Waals surface area contributed by atoms with Gasteiger partial charge in [-0.3, -0.25) is 4.99 Å². The first-order valence-corrected chi connectivity index (χ1v) is 13.1. The Bertz CT molecular complexity index is 727. The van der Waals surface area contributed by atoms with Crippen LogP contribution in [0.3, 0.4) is 0 Å². The van der Waals surface area contributed by atoms with Crippen LogP contribution in [0.2, 0.25) is 5.02 Å². The van der Waals surface area contributed by atoms with Crippen LogP contribution in [0.5, 0.6) is 0 Å². The fourth-order valence-corrected chi connectivity index (χ4v) is 5.04. The van der Waals surface area contributed by atoms with Crippen molar-refractivity contribution in [3.8, 4) is 0 Å². The van der Waals surface area contributed by atoms with Crippen LogP contribution in [0.4, 0.5) is 5.95 Å². The van der Waals surface area contributed by atoms with Crippen LogP contribution in [-0.2, 0) is 4.74 Å². The molecule has 0 saturated carbocycles. The second-order valence-corrected chi connectivity index (χ2v) is 10.1. The first kappa shape index (κ1) is 25.9. The van der Waals surface area contributed by atoms with Crippen molar-refractivity contribution in [3.63, 3.8) is 0 Å². The largest absolute Gasteiger partial charge is 0.470 e. The molecular weight excluding hydrogens is 452 g/mol. The average molecular weight is 485 g/mol. The van der Waals surface area contributed by atoms with E-state index in [1.807, 2.05) is 6.26 Å². The van der Waals surface area contributed by atoms with Gasteiger partial charge in [0.25, 0.3) is 0 Å². The van der Waals surface area contributed by atoms with Crippen molar-refractivity contribution in [2.24, 2.45) is 21.8 Å². The Morgan fingerprint density at radius 2 is 2.00 bits per heavy atom. The van der Waals surface area contributed by atoms with Crippen molar-refractivity contribution >= 4 is 59.2 Å². The molecule has 1 fully saturated rings. The number of nitrogens with one attached hydrogen (secondary N) is 1. The Morgan fingerprint density at radius 3 is 2.55 bits per heavy atom. The van der Waals surface area contributed by atoms with E-state index in [1.165, 1.54) is 18.0 Å². The molecule has 0 spiro atoms. The second-order valence-electron chi connectivity index (χ2n) is 7.71. The molecule has 1 aliphatic rings. The molecule has 2 rings (SSSR count). The van der Waals surface area contributed by atoms with Gasteiger partial charge >= 0.3 is 0 Å². The lowest BCUT2D eigenvalue weighted by molar-refractivity contribution is 0.125. The van der Waals surface area contributed by atoms with Crippen LogP contribution in [0.25, 0.3) is 0 Å². The molecule has 31 heavy (non-hydrogen) atoms. The standard InChI is InChI=1S/C21H33ClN6OS2/c1-14(19(10-23)30-5)15(2)27-21(31-13-24-4)29-16(3)17-6-8-28(9-7-17)20-25-11-18(22)12-26-20/h10-12,14-17,19,23H,4,6-9,13H2,1-3,5H3/b23-10?,27-21-/t14?,15-,16+,19?/m1/s1. The molecule has 0 aliphatic carbocycles. The number of halogens is 1. The number of thioether (sulfide) groups is 2. The molecule has 0 aromatic carbocycles. The SMILES string of the molecule is C=NCS/C(=N\[C@H](C)C(C)C(C=N)SC)O[C@@H](C)C1CCN(c2ncc(Cl)cn2)CC1. The number of rotatable bonds is 10. The molecule has 1 aromatic heterocycles. The highest BCUT2D eigenvalue weighted by molar-refractivity contribution is 8.13. The Morgan fingerprint density at radius 1 is 1.35 bits per heavy atom. The van der Waals surface area contributed by atoms with Gasteiger partial charge in [0, 0.05) is 24.6 Å². The number of nitrogens with zero attached hydrogens (tertiary/aromatic N) is 5. The summed E-state index contributed by atoms with van der Waals surface area (Å²) in [5, 5.41) is 8.99. The van der Waals surface area contributed by atoms with Crippen LogP contribution in [0, 0.1) is 17.2 Å². The molecule has 1 aliphatic heterocycles. The normalized spacial score (nSPS) is 19.4. The predicted molar refractivity (Wildman–Crippen MR) is 137 cm³/mol. The van der Waals surface area contributed by atoms with Crippen molar-refractivity contribution in [1.29, 1.82) is 5.41 Å². The van der Waals surface area contributed by atoms with Gasteiger partial charge in [-0.05, 0) is 63.3 Å². The first-order chi connectivity index (χ1) is 14.9. The molecule has 2 heterocycles. The van der Waals surface area contributed by atoms with Gasteiger partial charge in [0.05, 0.1) is 29.3 Å². The third-order valence-electron chi connectivity index (χ3n) is 5.68. The van der Waals surface area contributed by atoms with Crippen LogP contribution < -0.4 is 4.90 Å². The number of anilines is 1. The highest BCUT2D eigenvalue weighted by atomic mass is 35.5. The minimum absolute atomic E-state index is 0.0440. The maximum atomic E-state index is 7.64. The molecule has 4 atom stereocenters. The summed E-state index contributed by atoms with van der Waals surface area (Å²) in [5.74, 6) is 1.90. The van der Waals surface area contributed by atoms with E-state index in [-0.39, 0.29) is 23.3 Å². The lowest BCUT2D eigenvalue weighted by Crippen LogP contribution is -2.39. The number of aliphatic imine (C=N–C) groups is 2. The van der Waals surface area contributed by atoms with E-state index < -0.39 is 0 Å². The van der Waals surface area contributed by atoms with E-state index in [0.717, 1.165) is 31.9 Å². The van der Waals surface area contributed by atoms with Crippen LogP contribution in [-0.4, -0.2) is 70.7 Å². The lowest BCUT2D eigenvalue weighted by Gasteiger charge is -2.35. The van der Waals surface area contributed by atoms with Gasteiger partial charge in [0.1, 0.15) is 6.10 Å². The van der Waals surface area contributed by atoms with Gasteiger partial charge < -0.3 is 15.0 Å². The zero-order chi connectivity index (χ0) is 22.8. The van der Waals surface area contributed by atoms with E-state index in [1.54, 1.807) is 24.2 Å². The minimum Gasteiger partial charge on any atom is -0.470 e. The van der Waals surface area contributed by atoms with Crippen molar-refractivity contribution in [1.82, 2.24) is 9.97 Å². The highest BCUT2D eigenvalue weighted by Gasteiger charge is 2.28. The van der Waals surface area contributed by atoms with Crippen LogP contribution in [0.15, 0.2) is 22.4 Å². The summed E-state index contributed by atoms with van der Waals surface area (Å²) < 4.78 is 6.31. The van der Waals surface area contributed by atoms with E-state index in [2.05, 4.69) is 47.3 Å². The number of hydrogen-bond acceptors (Lipinski definition) is 9. The van der Waals surface area contributed by atoms with Gasteiger partial charge in [-0.25, -0.2) is 15.0 Å². The summed E-state index contributed by atoms with van der Waals surface area (Å²) in [6.07, 6.45) is 8.85. The number of ether oxygens (including phenoxy) is 1. The molecule has 7 nitrogen and oxygen atoms in total. The Labute approximate surface area is 199 Å². The monoisotopic (exact) mass is 484 g/mol. The van der Waals surface area contributed by atoms with Gasteiger partial charge in [-0.15, -0.1) is 0 Å². The maximum Gasteiger partial charge on any atom is 0.248 e. The summed E-state index contributed by atoms with van der Waals surface area (Å²) in [5.41, 5.74) is 0. The highest BCUT2D eigenvalue weighted by Crippen LogP contribution is 2.27. The second kappa shape index (κ2) is 13.3. The Hall–Kier alpha value is -1.32. The smallest absolute Gasteiger partial charge is 0.248 e. The third-order valence-corrected chi connectivity index (χ3v) is 7.75. The fourth-order valence-electron chi connectivity index (χ4n) is 3.49. The fraction of sp³-hybridized carbons (Fsp3) is 0.667. The molecule has 0 amide bonds. The van der Waals surface area contributed by atoms with E-state index in [0.29, 0.717) is 22.0 Å². The molecule has 1 saturated heterocycles. The minimum atomic E-state index is 0.0440. The summed E-state index contributed by atoms with van der Waals surface area (Å²) >= 11 is 9.05. The van der Waals surface area contributed by atoms with Gasteiger partial charge in [-0.2, -0.15) is 11.8 Å². The van der Waals surface area contributed by atoms with Gasteiger partial charge in [0.2, 0.25) is 11.2 Å². The van der Waals surface area contributed by atoms with Crippen molar-refractivity contribution in [2.45, 2.75) is 51.0 Å². The first-order valence-electron chi connectivity index (χ1n) is 10.4. The summed E-state index contributed by atoms with van der Waals surface area (Å²) in [7, 11) is 0. The number of hydrogen-bond donors (Lipinski definition) is 1. The molecule has 2 unspecified atom stereocenters. The quantitative estimate of drug-likeness (QED) is 0.375. The zero-order valence-corrected chi connectivity index (χ0v) is 21.1. The molecule has 1 aromatic rings. The Kier molecular flexibility index (Phi) is 11.1. The third kappa shape index (κ3) is 7.95. The van der Waals surface area contributed by atoms with Crippen molar-refractivity contribution in [2.75, 3.05) is 30.1 Å². The van der Waals surface area contributed by atoms with Crippen LogP contribution in [0.1, 0.15) is 33.6 Å². The number of piperidine rings is 1. The molecular formula is C21H33ClN6OS2. The van der Waals surface area contributed by atoms with Gasteiger partial charge in [0.15, 0.2) is 0 Å². The number of aromatic nitrogens is 2. The lowest BCUT2D eigenvalue weighted by atomic mass is 9.92. The maximum absolute atomic E-state index is 7.64. The molecule has 10 heteroatoms. The Balaban J connectivity index is 1.97. The predicted octanol–water partition coefficient (Wildman–Crippen LogP) is 4.90. The summed E-state index contributed by atoms with van der Waals surface area (Å²) in [4.78, 5) is 19.6. The summed E-state index contributed by atoms with van der Waals surface area (Å²) in [6.45, 7) is 11.7. The molecule has 0 bridgehead atoms. The van der Waals surface area contributed by atoms with Gasteiger partial charge in [-0.1, -0.05) is 18.5 Å². The topological polar surface area (TPSA) is 86.8 Å². The average Bonchev–Trinajstić information content (AvgIpc) is 2.78. The van der Waals surface area contributed by atoms with Crippen molar-refractivity contribution in [3.05, 3.63) is 17.4 Å². The summed E-state index contributed by atoms with van der Waals surface area (Å²) in [6, 6.07) is 0.0440. The van der Waals surface area contributed by atoms with Crippen LogP contribution >= 0.6 is 35.1 Å². The molecule has 1 N–H and O–H groups in total. The van der Waals surface area contributed by atoms with E-state index in [9.17, 15) is 0 Å². The molecule has 0 radical (unpaired) electrons. The zero-order valence-electron chi connectivity index (χ0n) is 18.7. The van der Waals surface area contributed by atoms with E-state index in [4.69, 9.17) is 26.7 Å².